The maximum Gasteiger partial charge on any atom is 0.343 e. The normalized spacial score (nSPS) is 10.6. The van der Waals surface area contributed by atoms with Gasteiger partial charge in [0.15, 0.2) is 0 Å². The van der Waals surface area contributed by atoms with Gasteiger partial charge in [-0.1, -0.05) is 0 Å². The summed E-state index contributed by atoms with van der Waals surface area (Å²) in [4.78, 5) is 23.1. The highest BCUT2D eigenvalue weighted by Crippen LogP contribution is 2.35. The number of amides is 1. The molecule has 0 saturated carbocycles. The van der Waals surface area contributed by atoms with Crippen LogP contribution in [0.5, 0.6) is 0 Å². The zero-order chi connectivity index (χ0) is 15.3. The molecule has 0 radical (unpaired) electrons. The molecule has 1 rings (SSSR count). The lowest BCUT2D eigenvalue weighted by atomic mass is 10.2. The van der Waals surface area contributed by atoms with E-state index in [1.165, 1.54) is 7.11 Å². The number of hydrogen-bond donors (Lipinski definition) is 3. The van der Waals surface area contributed by atoms with Crippen LogP contribution >= 0.6 is 11.3 Å². The van der Waals surface area contributed by atoms with Crippen molar-refractivity contribution in [2.75, 3.05) is 31.3 Å². The van der Waals surface area contributed by atoms with Gasteiger partial charge in [0.2, 0.25) is 0 Å². The van der Waals surface area contributed by atoms with E-state index >= 15 is 0 Å². The van der Waals surface area contributed by atoms with Gasteiger partial charge >= 0.3 is 5.97 Å². The van der Waals surface area contributed by atoms with E-state index < -0.39 is 11.9 Å². The van der Waals surface area contributed by atoms with E-state index in [1.54, 1.807) is 0 Å². The minimum absolute atomic E-state index is 0.0432. The number of carbonyl (C=O) groups excluding carboxylic acids is 2. The topological polar surface area (TPSA) is 117 Å². The van der Waals surface area contributed by atoms with Crippen molar-refractivity contribution < 1.29 is 19.1 Å². The largest absolute Gasteiger partial charge is 0.465 e. The summed E-state index contributed by atoms with van der Waals surface area (Å²) in [5, 5.41) is 3.46. The van der Waals surface area contributed by atoms with Crippen LogP contribution in [-0.4, -0.2) is 38.2 Å². The predicted molar refractivity (Wildman–Crippen MR) is 78.2 cm³/mol. The number of ether oxygens (including phenoxy) is 2. The van der Waals surface area contributed by atoms with Gasteiger partial charge in [-0.25, -0.2) is 4.79 Å². The summed E-state index contributed by atoms with van der Waals surface area (Å²) in [7, 11) is 1.25. The van der Waals surface area contributed by atoms with Gasteiger partial charge < -0.3 is 26.3 Å². The lowest BCUT2D eigenvalue weighted by Crippen LogP contribution is -2.15. The summed E-state index contributed by atoms with van der Waals surface area (Å²) in [6, 6.07) is 0. The van der Waals surface area contributed by atoms with Crippen molar-refractivity contribution in [1.82, 2.24) is 0 Å². The van der Waals surface area contributed by atoms with Crippen molar-refractivity contribution in [1.29, 1.82) is 0 Å². The van der Waals surface area contributed by atoms with Crippen LogP contribution in [0.15, 0.2) is 0 Å². The molecule has 0 saturated heterocycles. The maximum absolute atomic E-state index is 11.7. The van der Waals surface area contributed by atoms with Gasteiger partial charge in [0.1, 0.15) is 15.4 Å². The van der Waals surface area contributed by atoms with Gasteiger partial charge in [-0.2, -0.15) is 0 Å². The average molecular weight is 301 g/mol. The molecule has 1 amide bonds. The van der Waals surface area contributed by atoms with E-state index in [4.69, 9.17) is 16.2 Å². The van der Waals surface area contributed by atoms with Gasteiger partial charge in [0.05, 0.1) is 25.5 Å². The molecule has 0 aliphatic carbocycles. The molecule has 0 fully saturated rings. The first kappa shape index (κ1) is 16.3. The number of nitrogens with one attached hydrogen (secondary N) is 1. The van der Waals surface area contributed by atoms with Crippen LogP contribution < -0.4 is 16.8 Å². The maximum atomic E-state index is 11.7. The molecule has 8 heteroatoms. The van der Waals surface area contributed by atoms with E-state index in [9.17, 15) is 9.59 Å². The van der Waals surface area contributed by atoms with Gasteiger partial charge in [-0.3, -0.25) is 4.79 Å². The average Bonchev–Trinajstić information content (AvgIpc) is 2.71. The minimum Gasteiger partial charge on any atom is -0.465 e. The van der Waals surface area contributed by atoms with Crippen molar-refractivity contribution in [2.45, 2.75) is 20.0 Å². The smallest absolute Gasteiger partial charge is 0.343 e. The molecule has 5 N–H and O–H groups in total. The lowest BCUT2D eigenvalue weighted by molar-refractivity contribution is 0.0603. The third kappa shape index (κ3) is 3.84. The number of hydrogen-bond acceptors (Lipinski definition) is 7. The van der Waals surface area contributed by atoms with E-state index in [-0.39, 0.29) is 22.2 Å². The number of nitrogens with two attached hydrogens (primary N) is 2. The molecule has 0 aliphatic heterocycles. The first-order chi connectivity index (χ1) is 9.38. The Morgan fingerprint density at radius 3 is 2.55 bits per heavy atom. The Bertz CT molecular complexity index is 499. The van der Waals surface area contributed by atoms with Crippen molar-refractivity contribution in [2.24, 2.45) is 5.73 Å². The molecule has 0 aromatic carbocycles. The molecule has 1 heterocycles. The van der Waals surface area contributed by atoms with E-state index in [1.807, 2.05) is 13.8 Å². The lowest BCUT2D eigenvalue weighted by Gasteiger charge is -2.09. The third-order valence-electron chi connectivity index (χ3n) is 2.40. The number of anilines is 2. The second-order valence-corrected chi connectivity index (χ2v) is 5.27. The summed E-state index contributed by atoms with van der Waals surface area (Å²) in [6.07, 6.45) is 0.117. The summed E-state index contributed by atoms with van der Waals surface area (Å²) in [5.74, 6) is -1.29. The van der Waals surface area contributed by atoms with Crippen LogP contribution in [0.1, 0.15) is 33.9 Å². The fraction of sp³-hybridized carbons (Fsp3) is 0.500. The standard InChI is InChI=1S/C12H19N3O4S/c1-6(2)19-5-4-15-11-7(12(17)18-3)8(13)9(20-11)10(14)16/h6,15H,4-5,13H2,1-3H3,(H2,14,16). The number of rotatable bonds is 7. The van der Waals surface area contributed by atoms with Gasteiger partial charge in [-0.05, 0) is 13.8 Å². The van der Waals surface area contributed by atoms with Crippen LogP contribution in [0.4, 0.5) is 10.7 Å². The summed E-state index contributed by atoms with van der Waals surface area (Å²) < 4.78 is 10.0. The van der Waals surface area contributed by atoms with Crippen LogP contribution in [0.25, 0.3) is 0 Å². The van der Waals surface area contributed by atoms with E-state index in [0.717, 1.165) is 11.3 Å². The quantitative estimate of drug-likeness (QED) is 0.512. The fourth-order valence-corrected chi connectivity index (χ4v) is 2.50. The van der Waals surface area contributed by atoms with Gasteiger partial charge in [-0.15, -0.1) is 11.3 Å². The monoisotopic (exact) mass is 301 g/mol. The minimum atomic E-state index is -0.677. The Balaban J connectivity index is 2.90. The molecule has 0 aliphatic rings. The summed E-state index contributed by atoms with van der Waals surface area (Å²) in [5.41, 5.74) is 11.2. The molecular weight excluding hydrogens is 282 g/mol. The van der Waals surface area contributed by atoms with Gasteiger partial charge in [0.25, 0.3) is 5.91 Å². The molecule has 112 valence electrons. The fourth-order valence-electron chi connectivity index (χ4n) is 1.52. The number of primary amides is 1. The molecule has 1 aromatic heterocycles. The number of esters is 1. The van der Waals surface area contributed by atoms with Crippen LogP contribution in [0.3, 0.4) is 0 Å². The number of methoxy groups -OCH3 is 1. The molecule has 0 bridgehead atoms. The number of nitrogen functional groups attached to an aromatic ring is 1. The summed E-state index contributed by atoms with van der Waals surface area (Å²) >= 11 is 1.03. The highest BCUT2D eigenvalue weighted by Gasteiger charge is 2.24. The molecule has 20 heavy (non-hydrogen) atoms. The zero-order valence-corrected chi connectivity index (χ0v) is 12.5. The SMILES string of the molecule is COC(=O)c1c(NCCOC(C)C)sc(C(N)=O)c1N. The Labute approximate surface area is 121 Å². The highest BCUT2D eigenvalue weighted by atomic mass is 32.1. The van der Waals surface area contributed by atoms with Crippen LogP contribution in [0.2, 0.25) is 0 Å². The third-order valence-corrected chi connectivity index (χ3v) is 3.58. The van der Waals surface area contributed by atoms with Crippen molar-refractivity contribution in [3.63, 3.8) is 0 Å². The Kier molecular flexibility index (Phi) is 5.78. The number of carbonyl (C=O) groups is 2. The van der Waals surface area contributed by atoms with Crippen molar-refractivity contribution >= 4 is 33.9 Å². The molecule has 7 nitrogen and oxygen atoms in total. The van der Waals surface area contributed by atoms with Crippen LogP contribution in [-0.2, 0) is 9.47 Å². The highest BCUT2D eigenvalue weighted by molar-refractivity contribution is 7.19. The molecule has 0 unspecified atom stereocenters. The molecule has 0 spiro atoms. The Morgan fingerprint density at radius 2 is 2.05 bits per heavy atom. The van der Waals surface area contributed by atoms with Crippen molar-refractivity contribution in [3.05, 3.63) is 10.4 Å². The molecule has 0 atom stereocenters. The number of thiophene rings is 1. The van der Waals surface area contributed by atoms with E-state index in [0.29, 0.717) is 18.2 Å². The second kappa shape index (κ2) is 7.11. The predicted octanol–water partition coefficient (Wildman–Crippen LogP) is 1.05. The van der Waals surface area contributed by atoms with E-state index in [2.05, 4.69) is 10.1 Å². The first-order valence-corrected chi connectivity index (χ1v) is 6.86. The molecular formula is C12H19N3O4S. The summed E-state index contributed by atoms with van der Waals surface area (Å²) in [6.45, 7) is 4.78. The second-order valence-electron chi connectivity index (χ2n) is 4.25. The zero-order valence-electron chi connectivity index (χ0n) is 11.7. The Morgan fingerprint density at radius 1 is 1.40 bits per heavy atom. The first-order valence-electron chi connectivity index (χ1n) is 6.04. The van der Waals surface area contributed by atoms with Gasteiger partial charge in [0, 0.05) is 6.54 Å². The Hall–Kier alpha value is -1.80. The molecule has 1 aromatic rings. The van der Waals surface area contributed by atoms with Crippen LogP contribution in [0, 0.1) is 0 Å². The van der Waals surface area contributed by atoms with Crippen molar-refractivity contribution in [3.8, 4) is 0 Å².